The van der Waals surface area contributed by atoms with Crippen LogP contribution in [0.3, 0.4) is 0 Å². The minimum atomic E-state index is -0.219. The van der Waals surface area contributed by atoms with Crippen LogP contribution in [0.15, 0.2) is 0 Å². The Labute approximate surface area is 198 Å². The van der Waals surface area contributed by atoms with Crippen molar-refractivity contribution in [2.45, 2.75) is 103 Å². The number of hydrogen-bond donors (Lipinski definition) is 2. The molecule has 32 heavy (non-hydrogen) atoms. The maximum absolute atomic E-state index is 12.2. The normalized spacial score (nSPS) is 51.5. The van der Waals surface area contributed by atoms with Crippen LogP contribution >= 0.6 is 11.8 Å². The zero-order chi connectivity index (χ0) is 22.8. The maximum Gasteiger partial charge on any atom is 0.286 e. The number of amides is 2. The average molecular weight is 462 g/mol. The fourth-order valence-corrected chi connectivity index (χ4v) is 11.0. The molecule has 2 N–H and O–H groups in total. The first-order valence-corrected chi connectivity index (χ1v) is 14.3. The van der Waals surface area contributed by atoms with Gasteiger partial charge in [-0.05, 0) is 97.2 Å². The molecule has 1 saturated heterocycles. The highest BCUT2D eigenvalue weighted by Crippen LogP contribution is 2.69. The highest BCUT2D eigenvalue weighted by molar-refractivity contribution is 8.15. The molecule has 1 aliphatic heterocycles. The topological polar surface area (TPSA) is 66.4 Å². The molecule has 4 unspecified atom stereocenters. The summed E-state index contributed by atoms with van der Waals surface area (Å²) >= 11 is 1.18. The average Bonchev–Trinajstić information content (AvgIpc) is 3.26. The van der Waals surface area contributed by atoms with Crippen LogP contribution in [0.2, 0.25) is 0 Å². The van der Waals surface area contributed by atoms with Crippen molar-refractivity contribution in [1.29, 1.82) is 0 Å². The van der Waals surface area contributed by atoms with E-state index in [0.29, 0.717) is 46.8 Å². The molecule has 4 saturated carbocycles. The Morgan fingerprint density at radius 2 is 1.78 bits per heavy atom. The van der Waals surface area contributed by atoms with Gasteiger partial charge in [-0.25, -0.2) is 0 Å². The molecule has 5 rings (SSSR count). The molecule has 0 aromatic rings. The van der Waals surface area contributed by atoms with Crippen LogP contribution < -0.4 is 5.32 Å². The minimum absolute atomic E-state index is 0.0972. The van der Waals surface area contributed by atoms with Gasteiger partial charge in [0.05, 0.1) is 11.4 Å². The third kappa shape index (κ3) is 3.34. The second-order valence-corrected chi connectivity index (χ2v) is 13.7. The molecule has 5 heteroatoms. The number of hydrogen-bond acceptors (Lipinski definition) is 4. The van der Waals surface area contributed by atoms with Crippen LogP contribution in [0.4, 0.5) is 4.79 Å². The number of carbonyl (C=O) groups excluding carboxylic acids is 2. The first-order chi connectivity index (χ1) is 15.2. The van der Waals surface area contributed by atoms with Crippen molar-refractivity contribution < 1.29 is 14.7 Å². The van der Waals surface area contributed by atoms with E-state index in [0.717, 1.165) is 12.8 Å². The van der Waals surface area contributed by atoms with Gasteiger partial charge in [0.2, 0.25) is 5.91 Å². The molecule has 4 aliphatic carbocycles. The zero-order valence-electron chi connectivity index (χ0n) is 20.4. The predicted molar refractivity (Wildman–Crippen MR) is 129 cm³/mol. The number of fused-ring (bicyclic) bond motifs is 5. The second kappa shape index (κ2) is 8.29. The molecule has 5 fully saturated rings. The number of rotatable bonds is 4. The van der Waals surface area contributed by atoms with Gasteiger partial charge in [0.1, 0.15) is 0 Å². The number of carbonyl (C=O) groups is 2. The summed E-state index contributed by atoms with van der Waals surface area (Å²) in [7, 11) is 0. The summed E-state index contributed by atoms with van der Waals surface area (Å²) in [6.45, 7) is 9.72. The summed E-state index contributed by atoms with van der Waals surface area (Å²) in [5.74, 6) is 3.80. The molecule has 180 valence electrons. The van der Waals surface area contributed by atoms with Crippen molar-refractivity contribution in [3.63, 3.8) is 0 Å². The largest absolute Gasteiger partial charge is 0.393 e. The van der Waals surface area contributed by atoms with Gasteiger partial charge in [0, 0.05) is 0 Å². The maximum atomic E-state index is 12.2. The second-order valence-electron chi connectivity index (χ2n) is 12.5. The monoisotopic (exact) mass is 461 g/mol. The molecule has 1 heterocycles. The fourth-order valence-electron chi connectivity index (χ4n) is 10.1. The quantitative estimate of drug-likeness (QED) is 0.537. The van der Waals surface area contributed by atoms with Crippen LogP contribution in [-0.2, 0) is 4.79 Å². The summed E-state index contributed by atoms with van der Waals surface area (Å²) in [5, 5.41) is 13.9. The van der Waals surface area contributed by atoms with Crippen molar-refractivity contribution >= 4 is 22.9 Å². The van der Waals surface area contributed by atoms with Gasteiger partial charge in [-0.2, -0.15) is 0 Å². The lowest BCUT2D eigenvalue weighted by molar-refractivity contribution is -0.194. The van der Waals surface area contributed by atoms with Gasteiger partial charge in [-0.1, -0.05) is 58.7 Å². The third-order valence-corrected chi connectivity index (χ3v) is 12.4. The molecule has 0 spiro atoms. The number of imide groups is 1. The molecule has 0 bridgehead atoms. The Kier molecular flexibility index (Phi) is 6.01. The molecule has 2 amide bonds. The van der Waals surface area contributed by atoms with E-state index in [9.17, 15) is 14.7 Å². The van der Waals surface area contributed by atoms with Crippen molar-refractivity contribution in [3.8, 4) is 0 Å². The van der Waals surface area contributed by atoms with E-state index in [1.54, 1.807) is 0 Å². The first kappa shape index (κ1) is 23.2. The Hall–Kier alpha value is -0.550. The number of nitrogens with one attached hydrogen (secondary N) is 1. The van der Waals surface area contributed by atoms with Gasteiger partial charge >= 0.3 is 0 Å². The highest BCUT2D eigenvalue weighted by atomic mass is 32.2. The molecule has 0 radical (unpaired) electrons. The van der Waals surface area contributed by atoms with Crippen LogP contribution in [0.1, 0.15) is 91.9 Å². The van der Waals surface area contributed by atoms with Crippen LogP contribution in [0, 0.1) is 52.3 Å². The smallest absolute Gasteiger partial charge is 0.286 e. The van der Waals surface area contributed by atoms with Crippen LogP contribution in [-0.4, -0.2) is 27.6 Å². The predicted octanol–water partition coefficient (Wildman–Crippen LogP) is 6.02. The summed E-state index contributed by atoms with van der Waals surface area (Å²) in [6.07, 6.45) is 12.1. The van der Waals surface area contributed by atoms with Gasteiger partial charge in [-0.15, -0.1) is 0 Å². The molecule has 0 aromatic heterocycles. The molecule has 5 aliphatic rings. The molecule has 4 nitrogen and oxygen atoms in total. The lowest BCUT2D eigenvalue weighted by atomic mass is 9.41. The number of aliphatic hydroxyl groups is 1. The Bertz CT molecular complexity index is 772. The van der Waals surface area contributed by atoms with Crippen molar-refractivity contribution in [1.82, 2.24) is 5.32 Å². The SMILES string of the molecule is CC[C@H]1[C@@H](O)C2C3CC[C@H]([C@H](C)CC4SC(=O)NC4=O)[C@@]3(C)CCC2[C@@]2(C)CCCC[C@@H]12. The fraction of sp³-hybridized carbons (Fsp3) is 0.926. The van der Waals surface area contributed by atoms with E-state index in [1.165, 1.54) is 63.1 Å². The van der Waals surface area contributed by atoms with Crippen LogP contribution in [0.5, 0.6) is 0 Å². The van der Waals surface area contributed by atoms with E-state index in [1.807, 2.05) is 0 Å². The van der Waals surface area contributed by atoms with Crippen LogP contribution in [0.25, 0.3) is 0 Å². The standard InChI is InChI=1S/C27H43NO3S/c1-5-16-18-8-6-7-12-26(18,3)20-11-13-27(4)17(9-10-19(27)22(20)23(16)29)15(2)14-21-24(30)28-25(31)32-21/h15-23,29H,5-14H2,1-4H3,(H,28,30,31)/t15-,16-,17-,18+,19?,20?,21?,22?,23-,26+,27-/m1/s1. The van der Waals surface area contributed by atoms with Crippen molar-refractivity contribution in [2.24, 2.45) is 52.3 Å². The van der Waals surface area contributed by atoms with Crippen molar-refractivity contribution in [3.05, 3.63) is 0 Å². The van der Waals surface area contributed by atoms with Gasteiger partial charge in [0.15, 0.2) is 0 Å². The third-order valence-electron chi connectivity index (χ3n) is 11.4. The van der Waals surface area contributed by atoms with E-state index in [4.69, 9.17) is 0 Å². The van der Waals surface area contributed by atoms with Crippen molar-refractivity contribution in [2.75, 3.05) is 0 Å². The van der Waals surface area contributed by atoms with Gasteiger partial charge in [-0.3, -0.25) is 14.9 Å². The van der Waals surface area contributed by atoms with Gasteiger partial charge < -0.3 is 5.11 Å². The lowest BCUT2D eigenvalue weighted by Gasteiger charge is -2.64. The molecular weight excluding hydrogens is 418 g/mol. The highest BCUT2D eigenvalue weighted by Gasteiger charge is 2.64. The minimum Gasteiger partial charge on any atom is -0.393 e. The summed E-state index contributed by atoms with van der Waals surface area (Å²) in [6, 6.07) is 0. The van der Waals surface area contributed by atoms with E-state index in [-0.39, 0.29) is 27.9 Å². The Morgan fingerprint density at radius 3 is 2.47 bits per heavy atom. The summed E-state index contributed by atoms with van der Waals surface area (Å²) in [5.41, 5.74) is 0.661. The van der Waals surface area contributed by atoms with Gasteiger partial charge in [0.25, 0.3) is 5.24 Å². The molecule has 11 atom stereocenters. The summed E-state index contributed by atoms with van der Waals surface area (Å²) < 4.78 is 0. The van der Waals surface area contributed by atoms with E-state index < -0.39 is 0 Å². The number of thioether (sulfide) groups is 1. The zero-order valence-corrected chi connectivity index (χ0v) is 21.3. The number of aliphatic hydroxyl groups excluding tert-OH is 1. The lowest BCUT2D eigenvalue weighted by Crippen LogP contribution is -2.61. The first-order valence-electron chi connectivity index (χ1n) is 13.4. The molecule has 0 aromatic carbocycles. The molecular formula is C27H43NO3S. The Balaban J connectivity index is 1.39. The summed E-state index contributed by atoms with van der Waals surface area (Å²) in [4.78, 5) is 23.8. The van der Waals surface area contributed by atoms with E-state index >= 15 is 0 Å². The van der Waals surface area contributed by atoms with E-state index in [2.05, 4.69) is 33.0 Å². The Morgan fingerprint density at radius 1 is 1.03 bits per heavy atom.